The molecule has 8 heteroatoms. The molecule has 1 aromatic carbocycles. The minimum absolute atomic E-state index is 0.0806. The molecule has 2 N–H and O–H groups in total. The Labute approximate surface area is 175 Å². The molecule has 0 aliphatic carbocycles. The van der Waals surface area contributed by atoms with Crippen LogP contribution in [0.3, 0.4) is 0 Å². The van der Waals surface area contributed by atoms with Crippen molar-refractivity contribution < 1.29 is 14.5 Å². The molecular formula is C22H27N6O2+. The number of carbonyl (C=O) groups excluding carboxylic acids is 2. The van der Waals surface area contributed by atoms with Gasteiger partial charge >= 0.3 is 0 Å². The third-order valence-electron chi connectivity index (χ3n) is 5.87. The van der Waals surface area contributed by atoms with Gasteiger partial charge in [0.15, 0.2) is 5.78 Å². The first-order chi connectivity index (χ1) is 14.4. The zero-order chi connectivity index (χ0) is 21.3. The van der Waals surface area contributed by atoms with Crippen molar-refractivity contribution in [2.24, 2.45) is 0 Å². The molecule has 0 radical (unpaired) electrons. The number of aromatic amines is 1. The minimum atomic E-state index is 0.0806. The van der Waals surface area contributed by atoms with Gasteiger partial charge in [-0.15, -0.1) is 0 Å². The molecule has 3 aromatic rings. The number of nitrogens with one attached hydrogen (secondary N) is 2. The largest absolute Gasteiger partial charge is 0.360 e. The molecule has 8 nitrogen and oxygen atoms in total. The van der Waals surface area contributed by atoms with Gasteiger partial charge in [0.2, 0.25) is 11.7 Å². The zero-order valence-electron chi connectivity index (χ0n) is 17.6. The first-order valence-electron chi connectivity index (χ1n) is 10.2. The number of carbonyl (C=O) groups is 2. The molecule has 0 atom stereocenters. The Morgan fingerprint density at radius 1 is 1.13 bits per heavy atom. The van der Waals surface area contributed by atoms with Crippen molar-refractivity contribution in [3.05, 3.63) is 59.2 Å². The summed E-state index contributed by atoms with van der Waals surface area (Å²) in [6, 6.07) is 9.71. The lowest BCUT2D eigenvalue weighted by atomic mass is 10.1. The summed E-state index contributed by atoms with van der Waals surface area (Å²) >= 11 is 0. The maximum absolute atomic E-state index is 13.0. The molecule has 4 rings (SSSR count). The highest BCUT2D eigenvalue weighted by molar-refractivity contribution is 5.98. The maximum Gasteiger partial charge on any atom is 0.229 e. The number of ketones is 2. The average Bonchev–Trinajstić information content (AvgIpc) is 3.36. The number of piperazine rings is 1. The normalized spacial score (nSPS) is 14.8. The van der Waals surface area contributed by atoms with Crippen LogP contribution >= 0.6 is 0 Å². The van der Waals surface area contributed by atoms with Gasteiger partial charge in [-0.2, -0.15) is 10.1 Å². The highest BCUT2D eigenvalue weighted by Gasteiger charge is 2.25. The van der Waals surface area contributed by atoms with Crippen molar-refractivity contribution in [2.75, 3.05) is 37.6 Å². The first kappa shape index (κ1) is 20.0. The lowest BCUT2D eigenvalue weighted by Crippen LogP contribution is -3.15. The molecule has 0 saturated carbocycles. The van der Waals surface area contributed by atoms with Crippen LogP contribution in [-0.2, 0) is 0 Å². The van der Waals surface area contributed by atoms with E-state index in [1.54, 1.807) is 6.92 Å². The Kier molecular flexibility index (Phi) is 5.50. The van der Waals surface area contributed by atoms with E-state index in [0.717, 1.165) is 54.4 Å². The smallest absolute Gasteiger partial charge is 0.229 e. The van der Waals surface area contributed by atoms with E-state index in [-0.39, 0.29) is 11.6 Å². The molecule has 0 bridgehead atoms. The highest BCUT2D eigenvalue weighted by Crippen LogP contribution is 2.19. The van der Waals surface area contributed by atoms with Crippen LogP contribution in [0.1, 0.15) is 39.0 Å². The van der Waals surface area contributed by atoms with Gasteiger partial charge in [0.25, 0.3) is 0 Å². The number of Topliss-reactive ketones (excluding diaryl/α,β-unsaturated/α-hetero) is 2. The van der Waals surface area contributed by atoms with Gasteiger partial charge in [-0.25, -0.2) is 5.10 Å². The van der Waals surface area contributed by atoms with Crippen molar-refractivity contribution in [1.82, 2.24) is 19.7 Å². The van der Waals surface area contributed by atoms with Gasteiger partial charge < -0.3 is 9.80 Å². The lowest BCUT2D eigenvalue weighted by Gasteiger charge is -2.33. The fraction of sp³-hybridized carbons (Fsp3) is 0.364. The van der Waals surface area contributed by atoms with Crippen molar-refractivity contribution >= 4 is 17.3 Å². The molecule has 0 spiro atoms. The van der Waals surface area contributed by atoms with Crippen LogP contribution in [-0.4, -0.2) is 64.0 Å². The van der Waals surface area contributed by atoms with Crippen LogP contribution in [0.5, 0.6) is 0 Å². The van der Waals surface area contributed by atoms with Gasteiger partial charge in [-0.3, -0.25) is 14.2 Å². The third-order valence-corrected chi connectivity index (χ3v) is 5.87. The SMILES string of the molecule is CC(=O)c1ccc(N2CC[NH+](CC(=O)c3cc(C)n(-c4ncn[nH]4)c3C)CC2)cc1. The molecule has 1 aliphatic heterocycles. The summed E-state index contributed by atoms with van der Waals surface area (Å²) in [7, 11) is 0. The second kappa shape index (κ2) is 8.23. The third kappa shape index (κ3) is 3.91. The Hall–Kier alpha value is -3.26. The van der Waals surface area contributed by atoms with Crippen LogP contribution in [0.2, 0.25) is 0 Å². The van der Waals surface area contributed by atoms with Crippen LogP contribution in [0.25, 0.3) is 5.95 Å². The zero-order valence-corrected chi connectivity index (χ0v) is 17.6. The number of anilines is 1. The van der Waals surface area contributed by atoms with E-state index < -0.39 is 0 Å². The first-order valence-corrected chi connectivity index (χ1v) is 10.2. The summed E-state index contributed by atoms with van der Waals surface area (Å²) in [6.07, 6.45) is 1.47. The lowest BCUT2D eigenvalue weighted by molar-refractivity contribution is -0.892. The summed E-state index contributed by atoms with van der Waals surface area (Å²) in [5.74, 6) is 0.862. The van der Waals surface area contributed by atoms with Crippen LogP contribution in [0, 0.1) is 13.8 Å². The number of H-pyrrole nitrogens is 1. The molecule has 1 saturated heterocycles. The Morgan fingerprint density at radius 3 is 2.43 bits per heavy atom. The number of quaternary nitrogens is 1. The van der Waals surface area contributed by atoms with E-state index in [4.69, 9.17) is 0 Å². The maximum atomic E-state index is 13.0. The van der Waals surface area contributed by atoms with Gasteiger partial charge in [0.1, 0.15) is 12.9 Å². The van der Waals surface area contributed by atoms with Gasteiger partial charge in [-0.05, 0) is 51.1 Å². The quantitative estimate of drug-likeness (QED) is 0.596. The summed E-state index contributed by atoms with van der Waals surface area (Å²) in [5, 5.41) is 6.77. The Balaban J connectivity index is 1.38. The second-order valence-electron chi connectivity index (χ2n) is 7.87. The molecular weight excluding hydrogens is 380 g/mol. The van der Waals surface area contributed by atoms with E-state index in [9.17, 15) is 9.59 Å². The predicted octanol–water partition coefficient (Wildman–Crippen LogP) is 1.00. The minimum Gasteiger partial charge on any atom is -0.360 e. The molecule has 156 valence electrons. The fourth-order valence-electron chi connectivity index (χ4n) is 4.16. The van der Waals surface area contributed by atoms with Crippen molar-refractivity contribution in [3.63, 3.8) is 0 Å². The Bertz CT molecular complexity index is 1040. The topological polar surface area (TPSA) is 88.3 Å². The molecule has 30 heavy (non-hydrogen) atoms. The summed E-state index contributed by atoms with van der Waals surface area (Å²) in [6.45, 7) is 9.56. The molecule has 2 aromatic heterocycles. The van der Waals surface area contributed by atoms with Crippen molar-refractivity contribution in [1.29, 1.82) is 0 Å². The number of nitrogens with zero attached hydrogens (tertiary/aromatic N) is 4. The van der Waals surface area contributed by atoms with Gasteiger partial charge in [-0.1, -0.05) is 0 Å². The molecule has 1 aliphatic rings. The average molecular weight is 407 g/mol. The van der Waals surface area contributed by atoms with Crippen molar-refractivity contribution in [3.8, 4) is 5.95 Å². The van der Waals surface area contributed by atoms with Crippen LogP contribution in [0.4, 0.5) is 5.69 Å². The number of aromatic nitrogens is 4. The summed E-state index contributed by atoms with van der Waals surface area (Å²) in [4.78, 5) is 32.3. The van der Waals surface area contributed by atoms with Gasteiger partial charge in [0.05, 0.1) is 26.2 Å². The van der Waals surface area contributed by atoms with E-state index in [0.29, 0.717) is 12.5 Å². The number of hydrogen-bond acceptors (Lipinski definition) is 5. The number of rotatable bonds is 6. The number of aryl methyl sites for hydroxylation is 1. The molecule has 3 heterocycles. The fourth-order valence-corrected chi connectivity index (χ4v) is 4.16. The van der Waals surface area contributed by atoms with Crippen LogP contribution < -0.4 is 9.80 Å². The summed E-state index contributed by atoms with van der Waals surface area (Å²) < 4.78 is 1.93. The number of hydrogen-bond donors (Lipinski definition) is 2. The van der Waals surface area contributed by atoms with Crippen LogP contribution in [0.15, 0.2) is 36.7 Å². The molecule has 1 fully saturated rings. The van der Waals surface area contributed by atoms with E-state index in [1.165, 1.54) is 11.2 Å². The number of benzene rings is 1. The Morgan fingerprint density at radius 2 is 1.83 bits per heavy atom. The van der Waals surface area contributed by atoms with E-state index in [2.05, 4.69) is 20.1 Å². The highest BCUT2D eigenvalue weighted by atomic mass is 16.1. The van der Waals surface area contributed by atoms with E-state index >= 15 is 0 Å². The monoisotopic (exact) mass is 407 g/mol. The second-order valence-corrected chi connectivity index (χ2v) is 7.87. The standard InChI is InChI=1S/C22H26N6O2/c1-15-12-20(16(2)28(15)22-23-14-24-25-22)21(30)13-26-8-10-27(11-9-26)19-6-4-18(5-7-19)17(3)29/h4-7,12,14H,8-11,13H2,1-3H3,(H,23,24,25)/p+1. The van der Waals surface area contributed by atoms with E-state index in [1.807, 2.05) is 48.7 Å². The molecule has 0 amide bonds. The van der Waals surface area contributed by atoms with Crippen molar-refractivity contribution in [2.45, 2.75) is 20.8 Å². The summed E-state index contributed by atoms with van der Waals surface area (Å²) in [5.41, 5.74) is 4.45. The van der Waals surface area contributed by atoms with Gasteiger partial charge in [0, 0.05) is 28.2 Å². The molecule has 0 unspecified atom stereocenters. The predicted molar refractivity (Wildman–Crippen MR) is 114 cm³/mol.